The van der Waals surface area contributed by atoms with Crippen LogP contribution in [-0.4, -0.2) is 32.2 Å². The molecule has 0 aliphatic heterocycles. The summed E-state index contributed by atoms with van der Waals surface area (Å²) in [7, 11) is 1.35. The lowest BCUT2D eigenvalue weighted by Gasteiger charge is -2.09. The van der Waals surface area contributed by atoms with E-state index in [9.17, 15) is 9.59 Å². The Balaban J connectivity index is 4.27. The minimum absolute atomic E-state index is 0.257. The lowest BCUT2D eigenvalue weighted by Crippen LogP contribution is -2.52. The van der Waals surface area contributed by atoms with Crippen LogP contribution in [0.3, 0.4) is 0 Å². The van der Waals surface area contributed by atoms with Gasteiger partial charge in [0.05, 0.1) is 13.0 Å². The van der Waals surface area contributed by atoms with Crippen LogP contribution in [0.4, 0.5) is 0 Å². The van der Waals surface area contributed by atoms with Gasteiger partial charge in [0, 0.05) is 5.57 Å². The van der Waals surface area contributed by atoms with E-state index in [1.165, 1.54) is 7.11 Å². The first kappa shape index (κ1) is 15.6. The summed E-state index contributed by atoms with van der Waals surface area (Å²) >= 11 is 0. The van der Waals surface area contributed by atoms with Gasteiger partial charge in [0.1, 0.15) is 13.2 Å². The third kappa shape index (κ3) is 6.06. The summed E-state index contributed by atoms with van der Waals surface area (Å²) in [6.07, 6.45) is 2.81. The summed E-state index contributed by atoms with van der Waals surface area (Å²) in [5.74, 6) is -0.858. The second kappa shape index (κ2) is 8.75. The molecule has 17 heavy (non-hydrogen) atoms. The second-order valence-corrected chi connectivity index (χ2v) is 3.73. The summed E-state index contributed by atoms with van der Waals surface area (Å²) in [6, 6.07) is 0. The number of ether oxygens (including phenoxy) is 2. The van der Waals surface area contributed by atoms with E-state index in [1.807, 2.05) is 6.92 Å². The second-order valence-electron chi connectivity index (χ2n) is 3.73. The molecule has 0 aromatic carbocycles. The summed E-state index contributed by atoms with van der Waals surface area (Å²) in [5.41, 5.74) is 4.18. The van der Waals surface area contributed by atoms with Crippen molar-refractivity contribution < 1.29 is 24.8 Å². The molecule has 0 aromatic rings. The third-order valence-corrected chi connectivity index (χ3v) is 2.34. The quantitative estimate of drug-likeness (QED) is 0.516. The highest BCUT2D eigenvalue weighted by Gasteiger charge is 2.14. The number of carbonyl (C=O) groups is 2. The highest BCUT2D eigenvalue weighted by Crippen LogP contribution is 2.11. The van der Waals surface area contributed by atoms with Crippen molar-refractivity contribution in [1.29, 1.82) is 0 Å². The maximum atomic E-state index is 11.4. The van der Waals surface area contributed by atoms with Crippen LogP contribution in [0.15, 0.2) is 11.6 Å². The number of methoxy groups -OCH3 is 1. The molecule has 0 fully saturated rings. The van der Waals surface area contributed by atoms with Gasteiger partial charge in [0.25, 0.3) is 0 Å². The van der Waals surface area contributed by atoms with Crippen molar-refractivity contribution in [3.05, 3.63) is 11.6 Å². The molecule has 0 bridgehead atoms. The Kier molecular flexibility index (Phi) is 8.05. The number of quaternary nitrogens is 1. The Morgan fingerprint density at radius 3 is 2.53 bits per heavy atom. The summed E-state index contributed by atoms with van der Waals surface area (Å²) in [4.78, 5) is 22.7. The van der Waals surface area contributed by atoms with E-state index in [-0.39, 0.29) is 17.9 Å². The molecular formula is C12H22NO4+. The average Bonchev–Trinajstić information content (AvgIpc) is 2.35. The van der Waals surface area contributed by atoms with Crippen LogP contribution < -0.4 is 5.73 Å². The van der Waals surface area contributed by atoms with Crippen LogP contribution in [0, 0.1) is 5.92 Å². The van der Waals surface area contributed by atoms with Crippen molar-refractivity contribution in [3.63, 3.8) is 0 Å². The Morgan fingerprint density at radius 2 is 2.06 bits per heavy atom. The molecule has 3 N–H and O–H groups in total. The van der Waals surface area contributed by atoms with Gasteiger partial charge in [0.15, 0.2) is 0 Å². The van der Waals surface area contributed by atoms with Crippen LogP contribution in [0.5, 0.6) is 0 Å². The van der Waals surface area contributed by atoms with Gasteiger partial charge >= 0.3 is 11.9 Å². The van der Waals surface area contributed by atoms with Gasteiger partial charge in [-0.25, -0.2) is 4.79 Å². The van der Waals surface area contributed by atoms with Crippen molar-refractivity contribution in [1.82, 2.24) is 0 Å². The predicted molar refractivity (Wildman–Crippen MR) is 62.9 cm³/mol. The number of esters is 2. The summed E-state index contributed by atoms with van der Waals surface area (Å²) < 4.78 is 9.59. The van der Waals surface area contributed by atoms with Crippen LogP contribution in [0.2, 0.25) is 0 Å². The van der Waals surface area contributed by atoms with Gasteiger partial charge in [-0.15, -0.1) is 0 Å². The Hall–Kier alpha value is -1.36. The molecule has 5 heteroatoms. The van der Waals surface area contributed by atoms with Crippen molar-refractivity contribution in [3.8, 4) is 0 Å². The Labute approximate surface area is 102 Å². The molecule has 0 rings (SSSR count). The molecular weight excluding hydrogens is 222 g/mol. The number of carbonyl (C=O) groups excluding carboxylic acids is 2. The first-order valence-electron chi connectivity index (χ1n) is 5.80. The maximum Gasteiger partial charge on any atom is 0.333 e. The predicted octanol–water partition coefficient (Wildman–Crippen LogP) is 0.307. The number of allylic oxidation sites excluding steroid dienone is 1. The standard InChI is InChI=1S/C12H21NO4/c1-4-10(12(15)16-3)6-5-9(2)11(14)17-8-7-13/h6,9H,4-5,7-8,13H2,1-3H3/p+1/b10-6-. The van der Waals surface area contributed by atoms with Crippen molar-refractivity contribution in [2.24, 2.45) is 5.92 Å². The molecule has 0 saturated carbocycles. The van der Waals surface area contributed by atoms with Gasteiger partial charge in [-0.05, 0) is 12.8 Å². The molecule has 1 unspecified atom stereocenters. The number of hydrogen-bond donors (Lipinski definition) is 1. The third-order valence-electron chi connectivity index (χ3n) is 2.34. The topological polar surface area (TPSA) is 80.2 Å². The minimum Gasteiger partial charge on any atom is -0.466 e. The van der Waals surface area contributed by atoms with Gasteiger partial charge in [0.2, 0.25) is 0 Å². The van der Waals surface area contributed by atoms with E-state index >= 15 is 0 Å². The zero-order valence-electron chi connectivity index (χ0n) is 10.8. The van der Waals surface area contributed by atoms with Crippen molar-refractivity contribution in [2.45, 2.75) is 26.7 Å². The van der Waals surface area contributed by atoms with E-state index in [2.05, 4.69) is 10.5 Å². The zero-order valence-corrected chi connectivity index (χ0v) is 10.8. The van der Waals surface area contributed by atoms with Crippen LogP contribution in [0.25, 0.3) is 0 Å². The maximum absolute atomic E-state index is 11.4. The highest BCUT2D eigenvalue weighted by atomic mass is 16.5. The minimum atomic E-state index is -0.342. The SMILES string of the molecule is CC/C(=C/CC(C)C(=O)OCC[NH3+])C(=O)OC. The van der Waals surface area contributed by atoms with Gasteiger partial charge in [-0.3, -0.25) is 4.79 Å². The normalized spacial score (nSPS) is 13.1. The largest absolute Gasteiger partial charge is 0.466 e. The van der Waals surface area contributed by atoms with Crippen LogP contribution in [0.1, 0.15) is 26.7 Å². The molecule has 0 radical (unpaired) electrons. The van der Waals surface area contributed by atoms with E-state index < -0.39 is 0 Å². The lowest BCUT2D eigenvalue weighted by atomic mass is 10.0. The summed E-state index contributed by atoms with van der Waals surface area (Å²) in [5, 5.41) is 0. The van der Waals surface area contributed by atoms with E-state index in [0.29, 0.717) is 31.6 Å². The molecule has 5 nitrogen and oxygen atoms in total. The van der Waals surface area contributed by atoms with Crippen molar-refractivity contribution >= 4 is 11.9 Å². The van der Waals surface area contributed by atoms with Gasteiger partial charge in [-0.1, -0.05) is 19.9 Å². The average molecular weight is 244 g/mol. The molecule has 0 spiro atoms. The summed E-state index contributed by atoms with van der Waals surface area (Å²) in [6.45, 7) is 4.54. The fourth-order valence-electron chi connectivity index (χ4n) is 1.23. The monoisotopic (exact) mass is 244 g/mol. The molecule has 0 aliphatic rings. The zero-order chi connectivity index (χ0) is 13.3. The molecule has 0 amide bonds. The first-order valence-corrected chi connectivity index (χ1v) is 5.80. The molecule has 0 aliphatic carbocycles. The Morgan fingerprint density at radius 1 is 1.41 bits per heavy atom. The molecule has 0 aromatic heterocycles. The number of rotatable bonds is 7. The highest BCUT2D eigenvalue weighted by molar-refractivity contribution is 5.88. The van der Waals surface area contributed by atoms with Crippen LogP contribution in [-0.2, 0) is 19.1 Å². The molecule has 0 heterocycles. The fourth-order valence-corrected chi connectivity index (χ4v) is 1.23. The van der Waals surface area contributed by atoms with E-state index in [4.69, 9.17) is 4.74 Å². The van der Waals surface area contributed by atoms with Crippen LogP contribution >= 0.6 is 0 Å². The Bertz CT molecular complexity index is 286. The lowest BCUT2D eigenvalue weighted by molar-refractivity contribution is -0.372. The molecule has 0 saturated heterocycles. The van der Waals surface area contributed by atoms with E-state index in [0.717, 1.165) is 0 Å². The first-order chi connectivity index (χ1) is 8.06. The van der Waals surface area contributed by atoms with Gasteiger partial charge in [-0.2, -0.15) is 0 Å². The fraction of sp³-hybridized carbons (Fsp3) is 0.667. The molecule has 1 atom stereocenters. The van der Waals surface area contributed by atoms with Crippen molar-refractivity contribution in [2.75, 3.05) is 20.3 Å². The smallest absolute Gasteiger partial charge is 0.333 e. The molecule has 98 valence electrons. The van der Waals surface area contributed by atoms with E-state index in [1.54, 1.807) is 13.0 Å². The van der Waals surface area contributed by atoms with Gasteiger partial charge < -0.3 is 15.2 Å². The number of hydrogen-bond acceptors (Lipinski definition) is 4.